The van der Waals surface area contributed by atoms with Crippen LogP contribution in [0.25, 0.3) is 33.2 Å². The summed E-state index contributed by atoms with van der Waals surface area (Å²) >= 11 is 0. The zero-order chi connectivity index (χ0) is 26.1. The van der Waals surface area contributed by atoms with Gasteiger partial charge in [0.2, 0.25) is 0 Å². The van der Waals surface area contributed by atoms with Gasteiger partial charge in [0.15, 0.2) is 11.6 Å². The minimum atomic E-state index is -0.0324. The number of hydrogen-bond acceptors (Lipinski definition) is 4. The van der Waals surface area contributed by atoms with Crippen LogP contribution in [0.2, 0.25) is 0 Å². The van der Waals surface area contributed by atoms with Crippen LogP contribution in [0.4, 0.5) is 0 Å². The van der Waals surface area contributed by atoms with Gasteiger partial charge >= 0.3 is 0 Å². The molecule has 1 radical (unpaired) electrons. The molecule has 1 aliphatic carbocycles. The summed E-state index contributed by atoms with van der Waals surface area (Å²) < 4.78 is 0. The Morgan fingerprint density at radius 3 is 2.24 bits per heavy atom. The predicted octanol–water partition coefficient (Wildman–Crippen LogP) is 7.51. The van der Waals surface area contributed by atoms with Crippen molar-refractivity contribution in [2.24, 2.45) is 5.92 Å². The maximum absolute atomic E-state index is 12.9. The Balaban J connectivity index is 0.000000330. The largest absolute Gasteiger partial charge is 0.512 e. The molecule has 0 saturated heterocycles. The molecule has 3 aromatic carbocycles. The average Bonchev–Trinajstić information content (AvgIpc) is 3.09. The molecular formula is C32H30IrNO3-. The van der Waals surface area contributed by atoms with Crippen LogP contribution in [0, 0.1) is 32.8 Å². The van der Waals surface area contributed by atoms with E-state index in [1.807, 2.05) is 37.4 Å². The number of aliphatic hydroxyl groups excluding tert-OH is 1. The summed E-state index contributed by atoms with van der Waals surface area (Å²) in [4.78, 5) is 28.3. The molecule has 1 N–H and O–H groups in total. The fourth-order valence-corrected chi connectivity index (χ4v) is 4.55. The molecule has 1 aliphatic rings. The first-order chi connectivity index (χ1) is 17.1. The third-order valence-corrected chi connectivity index (χ3v) is 6.20. The molecule has 0 saturated carbocycles. The standard InChI is InChI=1S/C25H18NO.C7H12O2.Ir/c1-14-4-5-18-22(13-14)25(27)21-7-6-20-19(23(18)21)8-9-26-24(20)17-11-15(2)10-16(3)12-17;1-5(2)7(9)4-6(3)8;/h4-11,13H,1-3H3;4-5,8H,1-3H3;/q-1;;/b;6-4-;. The van der Waals surface area contributed by atoms with E-state index in [4.69, 9.17) is 5.11 Å². The van der Waals surface area contributed by atoms with Gasteiger partial charge < -0.3 is 10.1 Å². The monoisotopic (exact) mass is 669 g/mol. The van der Waals surface area contributed by atoms with Crippen molar-refractivity contribution in [2.45, 2.75) is 41.5 Å². The number of ketones is 2. The first-order valence-electron chi connectivity index (χ1n) is 12.1. The summed E-state index contributed by atoms with van der Waals surface area (Å²) in [6.45, 7) is 11.2. The summed E-state index contributed by atoms with van der Waals surface area (Å²) in [5.41, 5.74) is 8.93. The Morgan fingerprint density at radius 2 is 1.62 bits per heavy atom. The number of benzene rings is 3. The Labute approximate surface area is 231 Å². The van der Waals surface area contributed by atoms with E-state index in [1.54, 1.807) is 13.8 Å². The maximum atomic E-state index is 12.9. The number of pyridine rings is 1. The number of aromatic nitrogens is 1. The Bertz CT molecular complexity index is 1530. The van der Waals surface area contributed by atoms with E-state index >= 15 is 0 Å². The van der Waals surface area contributed by atoms with Crippen LogP contribution in [-0.4, -0.2) is 21.7 Å². The van der Waals surface area contributed by atoms with Crippen molar-refractivity contribution >= 4 is 22.3 Å². The summed E-state index contributed by atoms with van der Waals surface area (Å²) in [7, 11) is 0. The first kappa shape index (κ1) is 28.2. The number of nitrogens with zero attached hydrogens (tertiary/aromatic N) is 1. The van der Waals surface area contributed by atoms with Gasteiger partial charge in [0.05, 0.1) is 5.76 Å². The van der Waals surface area contributed by atoms with Gasteiger partial charge in [-0.2, -0.15) is 0 Å². The molecule has 37 heavy (non-hydrogen) atoms. The quantitative estimate of drug-likeness (QED) is 0.123. The molecule has 4 aromatic rings. The molecule has 0 amide bonds. The second kappa shape index (κ2) is 11.3. The van der Waals surface area contributed by atoms with Crippen LogP contribution in [-0.2, 0) is 24.9 Å². The minimum Gasteiger partial charge on any atom is -0.512 e. The van der Waals surface area contributed by atoms with Gasteiger partial charge in [0.1, 0.15) is 0 Å². The van der Waals surface area contributed by atoms with E-state index < -0.39 is 0 Å². The molecule has 0 atom stereocenters. The smallest absolute Gasteiger partial charge is 0.194 e. The van der Waals surface area contributed by atoms with Gasteiger partial charge in [-0.25, -0.2) is 0 Å². The third-order valence-electron chi connectivity index (χ3n) is 6.20. The van der Waals surface area contributed by atoms with Crippen LogP contribution in [0.3, 0.4) is 0 Å². The number of allylic oxidation sites excluding steroid dienone is 2. The number of carbonyl (C=O) groups excluding carboxylic acids is 2. The van der Waals surface area contributed by atoms with E-state index in [9.17, 15) is 9.59 Å². The summed E-state index contributed by atoms with van der Waals surface area (Å²) in [6, 6.07) is 19.8. The zero-order valence-corrected chi connectivity index (χ0v) is 24.3. The van der Waals surface area contributed by atoms with Crippen LogP contribution in [0.15, 0.2) is 66.6 Å². The van der Waals surface area contributed by atoms with Gasteiger partial charge in [-0.15, -0.1) is 34.9 Å². The Hall–Kier alpha value is -3.40. The number of aliphatic hydroxyl groups is 1. The van der Waals surface area contributed by atoms with Gasteiger partial charge in [-0.3, -0.25) is 9.59 Å². The molecule has 0 bridgehead atoms. The summed E-state index contributed by atoms with van der Waals surface area (Å²) in [5.74, 6) is 0.137. The van der Waals surface area contributed by atoms with E-state index in [1.165, 1.54) is 18.6 Å². The van der Waals surface area contributed by atoms with E-state index in [2.05, 4.69) is 49.2 Å². The molecule has 0 aliphatic heterocycles. The molecular weight excluding hydrogens is 639 g/mol. The molecule has 1 aromatic heterocycles. The van der Waals surface area contributed by atoms with Crippen molar-refractivity contribution in [1.29, 1.82) is 0 Å². The minimum absolute atomic E-state index is 0. The van der Waals surface area contributed by atoms with Crippen molar-refractivity contribution < 1.29 is 34.8 Å². The number of aryl methyl sites for hydroxylation is 3. The van der Waals surface area contributed by atoms with E-state index in [0.29, 0.717) is 0 Å². The summed E-state index contributed by atoms with van der Waals surface area (Å²) in [5, 5.41) is 10.7. The van der Waals surface area contributed by atoms with Gasteiger partial charge in [-0.05, 0) is 48.0 Å². The predicted molar refractivity (Wildman–Crippen MR) is 145 cm³/mol. The number of carbonyl (C=O) groups is 2. The van der Waals surface area contributed by atoms with Gasteiger partial charge in [0, 0.05) is 55.0 Å². The number of rotatable bonds is 3. The SMILES string of the molecule is C/C(O)=C/C(=O)C(C)C.Cc1[c-]c(-c2nccc3c4c(ccc23)C(=O)c2cc(C)ccc2-4)cc(C)c1.[Ir]. The molecule has 0 unspecified atom stereocenters. The van der Waals surface area contributed by atoms with Crippen molar-refractivity contribution in [3.8, 4) is 22.4 Å². The molecule has 1 heterocycles. The Kier molecular flexibility index (Phi) is 8.63. The first-order valence-corrected chi connectivity index (χ1v) is 12.1. The molecule has 0 spiro atoms. The topological polar surface area (TPSA) is 67.3 Å². The van der Waals surface area contributed by atoms with Crippen molar-refractivity contribution in [3.05, 3.63) is 100 Å². The van der Waals surface area contributed by atoms with E-state index in [-0.39, 0.29) is 43.3 Å². The van der Waals surface area contributed by atoms with Gasteiger partial charge in [0.25, 0.3) is 0 Å². The molecule has 5 heteroatoms. The van der Waals surface area contributed by atoms with Crippen LogP contribution >= 0.6 is 0 Å². The Morgan fingerprint density at radius 1 is 0.919 bits per heavy atom. The molecule has 191 valence electrons. The average molecular weight is 669 g/mol. The van der Waals surface area contributed by atoms with Crippen molar-refractivity contribution in [2.75, 3.05) is 0 Å². The van der Waals surface area contributed by atoms with E-state index in [0.717, 1.165) is 55.4 Å². The zero-order valence-electron chi connectivity index (χ0n) is 21.9. The van der Waals surface area contributed by atoms with Crippen molar-refractivity contribution in [1.82, 2.24) is 4.98 Å². The van der Waals surface area contributed by atoms with Gasteiger partial charge in [-0.1, -0.05) is 57.5 Å². The van der Waals surface area contributed by atoms with Crippen LogP contribution < -0.4 is 0 Å². The number of hydrogen-bond donors (Lipinski definition) is 1. The fourth-order valence-electron chi connectivity index (χ4n) is 4.55. The second-order valence-electron chi connectivity index (χ2n) is 9.72. The van der Waals surface area contributed by atoms with Crippen LogP contribution in [0.5, 0.6) is 0 Å². The second-order valence-corrected chi connectivity index (χ2v) is 9.72. The van der Waals surface area contributed by atoms with Crippen molar-refractivity contribution in [3.63, 3.8) is 0 Å². The third kappa shape index (κ3) is 5.79. The normalized spacial score (nSPS) is 12.0. The molecule has 0 fully saturated rings. The number of fused-ring (bicyclic) bond motifs is 5. The van der Waals surface area contributed by atoms with Crippen LogP contribution in [0.1, 0.15) is 53.4 Å². The molecule has 4 nitrogen and oxygen atoms in total. The fraction of sp³-hybridized carbons (Fsp3) is 0.219. The maximum Gasteiger partial charge on any atom is 0.194 e. The molecule has 5 rings (SSSR count). The summed E-state index contributed by atoms with van der Waals surface area (Å²) in [6.07, 6.45) is 3.07.